The molecule has 0 aromatic heterocycles. The van der Waals surface area contributed by atoms with Crippen LogP contribution in [-0.4, -0.2) is 56.6 Å². The number of hydrogen-bond donors (Lipinski definition) is 0. The number of hydrogen-bond acceptors (Lipinski definition) is 4. The lowest BCUT2D eigenvalue weighted by Gasteiger charge is -2.38. The van der Waals surface area contributed by atoms with Gasteiger partial charge in [0.1, 0.15) is 0 Å². The summed E-state index contributed by atoms with van der Waals surface area (Å²) in [4.78, 5) is 2.47. The molecule has 0 aliphatic carbocycles. The Morgan fingerprint density at radius 2 is 2.09 bits per heavy atom. The Kier molecular flexibility index (Phi) is 5.84. The van der Waals surface area contributed by atoms with Crippen LogP contribution in [0.4, 0.5) is 0 Å². The molecule has 2 fully saturated rings. The lowest BCUT2D eigenvalue weighted by molar-refractivity contribution is -0.0702. The van der Waals surface area contributed by atoms with Crippen molar-refractivity contribution in [2.75, 3.05) is 39.5 Å². The van der Waals surface area contributed by atoms with Gasteiger partial charge in [-0.15, -0.1) is 0 Å². The first-order chi connectivity index (χ1) is 10.8. The van der Waals surface area contributed by atoms with Crippen LogP contribution in [0, 0.1) is 0 Å². The van der Waals surface area contributed by atoms with Gasteiger partial charge in [0.25, 0.3) is 0 Å². The maximum Gasteiger partial charge on any atom is 0.0952 e. The van der Waals surface area contributed by atoms with Gasteiger partial charge in [0, 0.05) is 25.7 Å². The highest BCUT2D eigenvalue weighted by atomic mass is 16.5. The average Bonchev–Trinajstić information content (AvgIpc) is 3.07. The summed E-state index contributed by atoms with van der Waals surface area (Å²) < 4.78 is 17.4. The van der Waals surface area contributed by atoms with Crippen LogP contribution in [0.3, 0.4) is 0 Å². The van der Waals surface area contributed by atoms with E-state index in [-0.39, 0.29) is 6.10 Å². The molecule has 22 heavy (non-hydrogen) atoms. The van der Waals surface area contributed by atoms with Crippen molar-refractivity contribution in [3.63, 3.8) is 0 Å². The largest absolute Gasteiger partial charge is 0.377 e. The minimum atomic E-state index is 0.176. The van der Waals surface area contributed by atoms with Gasteiger partial charge in [-0.25, -0.2) is 0 Å². The predicted molar refractivity (Wildman–Crippen MR) is 86.0 cm³/mol. The number of benzene rings is 1. The molecule has 2 heterocycles. The second-order valence-electron chi connectivity index (χ2n) is 6.29. The van der Waals surface area contributed by atoms with E-state index in [0.717, 1.165) is 45.9 Å². The highest BCUT2D eigenvalue weighted by Gasteiger charge is 2.26. The van der Waals surface area contributed by atoms with Gasteiger partial charge in [-0.3, -0.25) is 4.90 Å². The number of morpholine rings is 1. The molecule has 2 saturated heterocycles. The van der Waals surface area contributed by atoms with Crippen molar-refractivity contribution in [2.24, 2.45) is 0 Å². The van der Waals surface area contributed by atoms with E-state index in [9.17, 15) is 0 Å². The molecule has 0 bridgehead atoms. The Hall–Kier alpha value is -0.940. The van der Waals surface area contributed by atoms with Crippen molar-refractivity contribution in [3.8, 4) is 0 Å². The van der Waals surface area contributed by atoms with Gasteiger partial charge in [0.05, 0.1) is 32.0 Å². The molecule has 0 unspecified atom stereocenters. The topological polar surface area (TPSA) is 30.9 Å². The summed E-state index contributed by atoms with van der Waals surface area (Å²) in [6, 6.07) is 10.9. The highest BCUT2D eigenvalue weighted by Crippen LogP contribution is 2.24. The van der Waals surface area contributed by atoms with Gasteiger partial charge < -0.3 is 14.2 Å². The minimum Gasteiger partial charge on any atom is -0.377 e. The van der Waals surface area contributed by atoms with Crippen LogP contribution < -0.4 is 0 Å². The van der Waals surface area contributed by atoms with Crippen molar-refractivity contribution in [2.45, 2.75) is 38.0 Å². The third kappa shape index (κ3) is 4.29. The van der Waals surface area contributed by atoms with Gasteiger partial charge in [-0.05, 0) is 25.3 Å². The molecule has 2 aliphatic rings. The molecule has 0 spiro atoms. The Bertz CT molecular complexity index is 433. The third-order valence-electron chi connectivity index (χ3n) is 4.58. The molecule has 0 saturated carbocycles. The highest BCUT2D eigenvalue weighted by molar-refractivity contribution is 5.18. The quantitative estimate of drug-likeness (QED) is 0.756. The lowest BCUT2D eigenvalue weighted by atomic mass is 10.1. The fraction of sp³-hybridized carbons (Fsp3) is 0.667. The molecule has 3 atom stereocenters. The van der Waals surface area contributed by atoms with Crippen LogP contribution in [-0.2, 0) is 14.2 Å². The standard InChI is InChI=1S/C18H27NO3/c1-15-13-22-18(16-6-3-2-4-7-16)12-19(15)9-11-20-14-17-8-5-10-21-17/h2-4,6-7,15,17-18H,5,8-14H2,1H3/t15-,17-,18+/m1/s1. The van der Waals surface area contributed by atoms with E-state index in [1.807, 2.05) is 6.07 Å². The summed E-state index contributed by atoms with van der Waals surface area (Å²) in [5.41, 5.74) is 1.26. The molecule has 4 heteroatoms. The second-order valence-corrected chi connectivity index (χ2v) is 6.29. The van der Waals surface area contributed by atoms with E-state index in [1.165, 1.54) is 12.0 Å². The first kappa shape index (κ1) is 15.9. The van der Waals surface area contributed by atoms with E-state index in [4.69, 9.17) is 14.2 Å². The Balaban J connectivity index is 1.43. The molecule has 2 aliphatic heterocycles. The smallest absolute Gasteiger partial charge is 0.0952 e. The summed E-state index contributed by atoms with van der Waals surface area (Å²) in [5, 5.41) is 0. The van der Waals surface area contributed by atoms with Crippen LogP contribution in [0.1, 0.15) is 31.4 Å². The molecular weight excluding hydrogens is 278 g/mol. The van der Waals surface area contributed by atoms with Crippen LogP contribution in [0.15, 0.2) is 30.3 Å². The van der Waals surface area contributed by atoms with Crippen molar-refractivity contribution >= 4 is 0 Å². The van der Waals surface area contributed by atoms with Crippen molar-refractivity contribution in [1.82, 2.24) is 4.90 Å². The van der Waals surface area contributed by atoms with E-state index in [0.29, 0.717) is 12.1 Å². The van der Waals surface area contributed by atoms with E-state index >= 15 is 0 Å². The van der Waals surface area contributed by atoms with E-state index in [1.54, 1.807) is 0 Å². The molecule has 1 aromatic rings. The Morgan fingerprint density at radius 3 is 2.86 bits per heavy atom. The van der Waals surface area contributed by atoms with Crippen molar-refractivity contribution in [1.29, 1.82) is 0 Å². The first-order valence-corrected chi connectivity index (χ1v) is 8.43. The summed E-state index contributed by atoms with van der Waals surface area (Å²) in [5.74, 6) is 0. The van der Waals surface area contributed by atoms with Crippen LogP contribution in [0.2, 0.25) is 0 Å². The summed E-state index contributed by atoms with van der Waals surface area (Å²) in [6.45, 7) is 7.31. The van der Waals surface area contributed by atoms with Crippen LogP contribution in [0.5, 0.6) is 0 Å². The van der Waals surface area contributed by atoms with E-state index in [2.05, 4.69) is 36.1 Å². The zero-order valence-electron chi connectivity index (χ0n) is 13.4. The predicted octanol–water partition coefficient (Wildman–Crippen LogP) is 2.64. The van der Waals surface area contributed by atoms with Crippen LogP contribution in [0.25, 0.3) is 0 Å². The van der Waals surface area contributed by atoms with Gasteiger partial charge in [-0.1, -0.05) is 30.3 Å². The third-order valence-corrected chi connectivity index (χ3v) is 4.58. The number of ether oxygens (including phenoxy) is 3. The maximum absolute atomic E-state index is 5.99. The molecule has 1 aromatic carbocycles. The fourth-order valence-electron chi connectivity index (χ4n) is 3.16. The second kappa shape index (κ2) is 8.06. The van der Waals surface area contributed by atoms with E-state index < -0.39 is 0 Å². The zero-order valence-corrected chi connectivity index (χ0v) is 13.4. The number of nitrogens with zero attached hydrogens (tertiary/aromatic N) is 1. The zero-order chi connectivity index (χ0) is 15.2. The molecule has 4 nitrogen and oxygen atoms in total. The lowest BCUT2D eigenvalue weighted by Crippen LogP contribution is -2.46. The maximum atomic E-state index is 5.99. The normalized spacial score (nSPS) is 29.8. The van der Waals surface area contributed by atoms with Crippen molar-refractivity contribution < 1.29 is 14.2 Å². The average molecular weight is 305 g/mol. The van der Waals surface area contributed by atoms with Gasteiger partial charge in [-0.2, -0.15) is 0 Å². The molecule has 0 amide bonds. The monoisotopic (exact) mass is 305 g/mol. The van der Waals surface area contributed by atoms with Gasteiger partial charge >= 0.3 is 0 Å². The summed E-state index contributed by atoms with van der Waals surface area (Å²) in [7, 11) is 0. The molecule has 0 radical (unpaired) electrons. The molecule has 122 valence electrons. The number of rotatable bonds is 6. The van der Waals surface area contributed by atoms with Gasteiger partial charge in [0.15, 0.2) is 0 Å². The Morgan fingerprint density at radius 1 is 1.23 bits per heavy atom. The summed E-state index contributed by atoms with van der Waals surface area (Å²) in [6.07, 6.45) is 2.81. The fourth-order valence-corrected chi connectivity index (χ4v) is 3.16. The van der Waals surface area contributed by atoms with Gasteiger partial charge in [0.2, 0.25) is 0 Å². The Labute approximate surface area is 133 Å². The van der Waals surface area contributed by atoms with Crippen LogP contribution >= 0.6 is 0 Å². The first-order valence-electron chi connectivity index (χ1n) is 8.43. The molecule has 0 N–H and O–H groups in total. The minimum absolute atomic E-state index is 0.176. The SMILES string of the molecule is C[C@@H]1CO[C@H](c2ccccc2)CN1CCOC[C@H]1CCCO1. The molecule has 3 rings (SSSR count). The van der Waals surface area contributed by atoms with Crippen molar-refractivity contribution in [3.05, 3.63) is 35.9 Å². The molecular formula is C18H27NO3. The summed E-state index contributed by atoms with van der Waals surface area (Å²) >= 11 is 0.